The first kappa shape index (κ1) is 26.5. The lowest BCUT2D eigenvalue weighted by molar-refractivity contribution is -0.0925. The summed E-state index contributed by atoms with van der Waals surface area (Å²) in [4.78, 5) is 19.6. The molecule has 1 atom stereocenters. The van der Waals surface area contributed by atoms with Crippen LogP contribution < -0.4 is 5.73 Å². The zero-order valence-corrected chi connectivity index (χ0v) is 21.1. The van der Waals surface area contributed by atoms with Gasteiger partial charge in [0.1, 0.15) is 5.70 Å². The standard InChI is InChI=1S/C29H27ClF3N3O/c1-19-7-2-3-8-22(19)17-23-9-6-16-36(23)28(37)21-14-12-20(13-15-21)26(18-27(34)29(31,32)33)35-25-11-5-4-10-24(25)30/h2-5,7-8,10-15,18,23H,6,9,16-17,34H2,1H3/b27-18-,35-26?. The van der Waals surface area contributed by atoms with E-state index in [9.17, 15) is 18.0 Å². The molecule has 0 bridgehead atoms. The molecule has 0 spiro atoms. The number of alkyl halides is 3. The number of carbonyl (C=O) groups excluding carboxylic acids is 1. The minimum atomic E-state index is -4.71. The van der Waals surface area contributed by atoms with Crippen LogP contribution in [-0.2, 0) is 6.42 Å². The van der Waals surface area contributed by atoms with Crippen LogP contribution in [0, 0.1) is 6.92 Å². The summed E-state index contributed by atoms with van der Waals surface area (Å²) < 4.78 is 39.5. The molecule has 1 aliphatic heterocycles. The lowest BCUT2D eigenvalue weighted by atomic mass is 9.99. The Morgan fingerprint density at radius 1 is 1.05 bits per heavy atom. The molecule has 4 rings (SSSR count). The second kappa shape index (κ2) is 11.2. The predicted octanol–water partition coefficient (Wildman–Crippen LogP) is 7.02. The van der Waals surface area contributed by atoms with Gasteiger partial charge in [0, 0.05) is 23.7 Å². The largest absolute Gasteiger partial charge is 0.430 e. The number of aryl methyl sites for hydroxylation is 1. The van der Waals surface area contributed by atoms with Crippen LogP contribution in [0.15, 0.2) is 89.6 Å². The monoisotopic (exact) mass is 525 g/mol. The Morgan fingerprint density at radius 2 is 1.70 bits per heavy atom. The number of hydrogen-bond donors (Lipinski definition) is 1. The summed E-state index contributed by atoms with van der Waals surface area (Å²) in [5.74, 6) is -0.0995. The molecule has 1 fully saturated rings. The highest BCUT2D eigenvalue weighted by molar-refractivity contribution is 6.33. The van der Waals surface area contributed by atoms with Gasteiger partial charge in [-0.15, -0.1) is 0 Å². The molecule has 1 heterocycles. The summed E-state index contributed by atoms with van der Waals surface area (Å²) in [5.41, 5.74) is 7.56. The Morgan fingerprint density at radius 3 is 2.38 bits per heavy atom. The van der Waals surface area contributed by atoms with E-state index in [1.165, 1.54) is 11.1 Å². The molecule has 0 aliphatic carbocycles. The first-order valence-corrected chi connectivity index (χ1v) is 12.3. The highest BCUT2D eigenvalue weighted by atomic mass is 35.5. The fraction of sp³-hybridized carbons (Fsp3) is 0.241. The van der Waals surface area contributed by atoms with Crippen molar-refractivity contribution < 1.29 is 18.0 Å². The van der Waals surface area contributed by atoms with Crippen LogP contribution in [0.5, 0.6) is 0 Å². The van der Waals surface area contributed by atoms with Crippen molar-refractivity contribution in [3.63, 3.8) is 0 Å². The van der Waals surface area contributed by atoms with Crippen LogP contribution >= 0.6 is 11.6 Å². The molecule has 37 heavy (non-hydrogen) atoms. The van der Waals surface area contributed by atoms with Crippen LogP contribution in [0.3, 0.4) is 0 Å². The first-order chi connectivity index (χ1) is 17.6. The third-order valence-corrected chi connectivity index (χ3v) is 6.81. The molecule has 1 aliphatic rings. The molecule has 3 aromatic rings. The Labute approximate surface area is 219 Å². The fourth-order valence-electron chi connectivity index (χ4n) is 4.44. The van der Waals surface area contributed by atoms with E-state index in [2.05, 4.69) is 24.0 Å². The van der Waals surface area contributed by atoms with E-state index in [0.29, 0.717) is 28.4 Å². The fourth-order valence-corrected chi connectivity index (χ4v) is 4.62. The maximum atomic E-state index is 13.4. The molecule has 0 saturated carbocycles. The number of likely N-dealkylation sites (tertiary alicyclic amines) is 1. The predicted molar refractivity (Wildman–Crippen MR) is 141 cm³/mol. The Balaban J connectivity index is 1.60. The van der Waals surface area contributed by atoms with Gasteiger partial charge in [-0.3, -0.25) is 4.79 Å². The SMILES string of the molecule is Cc1ccccc1CC1CCCN1C(=O)c1ccc(C(/C=C(\N)C(F)(F)F)=Nc2ccccc2Cl)cc1. The van der Waals surface area contributed by atoms with Gasteiger partial charge >= 0.3 is 6.18 Å². The number of hydrogen-bond acceptors (Lipinski definition) is 3. The topological polar surface area (TPSA) is 58.7 Å². The van der Waals surface area contributed by atoms with E-state index in [0.717, 1.165) is 25.3 Å². The second-order valence-corrected chi connectivity index (χ2v) is 9.46. The van der Waals surface area contributed by atoms with Gasteiger partial charge in [0.05, 0.1) is 16.4 Å². The molecule has 1 amide bonds. The van der Waals surface area contributed by atoms with Crippen LogP contribution in [-0.4, -0.2) is 35.3 Å². The van der Waals surface area contributed by atoms with Crippen molar-refractivity contribution in [2.24, 2.45) is 10.7 Å². The summed E-state index contributed by atoms with van der Waals surface area (Å²) in [6.45, 7) is 2.73. The summed E-state index contributed by atoms with van der Waals surface area (Å²) >= 11 is 6.17. The van der Waals surface area contributed by atoms with Gasteiger partial charge in [0.25, 0.3) is 5.91 Å². The van der Waals surface area contributed by atoms with E-state index in [1.54, 1.807) is 48.5 Å². The lowest BCUT2D eigenvalue weighted by Crippen LogP contribution is -2.37. The van der Waals surface area contributed by atoms with Gasteiger partial charge in [-0.2, -0.15) is 13.2 Å². The van der Waals surface area contributed by atoms with E-state index in [4.69, 9.17) is 17.3 Å². The number of aliphatic imine (C=N–C) groups is 1. The molecule has 4 nitrogen and oxygen atoms in total. The van der Waals surface area contributed by atoms with Crippen molar-refractivity contribution in [3.05, 3.63) is 112 Å². The van der Waals surface area contributed by atoms with Gasteiger partial charge in [0.15, 0.2) is 0 Å². The van der Waals surface area contributed by atoms with Gasteiger partial charge in [-0.25, -0.2) is 4.99 Å². The minimum Gasteiger partial charge on any atom is -0.395 e. The second-order valence-electron chi connectivity index (χ2n) is 9.05. The average molecular weight is 526 g/mol. The van der Waals surface area contributed by atoms with Gasteiger partial charge in [0.2, 0.25) is 0 Å². The molecule has 3 aromatic carbocycles. The molecule has 1 saturated heterocycles. The van der Waals surface area contributed by atoms with Gasteiger partial charge in [-0.05, 0) is 67.7 Å². The van der Waals surface area contributed by atoms with Gasteiger partial charge in [-0.1, -0.05) is 60.1 Å². The molecule has 1 unspecified atom stereocenters. The number of nitrogens with zero attached hydrogens (tertiary/aromatic N) is 2. The quantitative estimate of drug-likeness (QED) is 0.351. The molecule has 8 heteroatoms. The number of benzene rings is 3. The zero-order valence-electron chi connectivity index (χ0n) is 20.3. The summed E-state index contributed by atoms with van der Waals surface area (Å²) in [7, 11) is 0. The van der Waals surface area contributed by atoms with Crippen molar-refractivity contribution in [3.8, 4) is 0 Å². The van der Waals surface area contributed by atoms with Crippen molar-refractivity contribution in [2.75, 3.05) is 6.54 Å². The highest BCUT2D eigenvalue weighted by Crippen LogP contribution is 2.28. The smallest absolute Gasteiger partial charge is 0.395 e. The molecular formula is C29H27ClF3N3O. The van der Waals surface area contributed by atoms with Crippen LogP contribution in [0.25, 0.3) is 0 Å². The molecular weight excluding hydrogens is 499 g/mol. The van der Waals surface area contributed by atoms with Crippen molar-refractivity contribution in [1.29, 1.82) is 0 Å². The molecule has 0 aromatic heterocycles. The highest BCUT2D eigenvalue weighted by Gasteiger charge is 2.32. The molecule has 2 N–H and O–H groups in total. The van der Waals surface area contributed by atoms with Crippen molar-refractivity contribution in [2.45, 2.75) is 38.4 Å². The Kier molecular flexibility index (Phi) is 8.03. The maximum absolute atomic E-state index is 13.4. The third kappa shape index (κ3) is 6.41. The minimum absolute atomic E-state index is 0.0134. The average Bonchev–Trinajstić information content (AvgIpc) is 3.33. The normalized spacial score (nSPS) is 16.8. The molecule has 0 radical (unpaired) electrons. The third-order valence-electron chi connectivity index (χ3n) is 6.50. The summed E-state index contributed by atoms with van der Waals surface area (Å²) in [6.07, 6.45) is -1.30. The van der Waals surface area contributed by atoms with Crippen molar-refractivity contribution >= 4 is 28.9 Å². The number of allylic oxidation sites excluding steroid dienone is 2. The first-order valence-electron chi connectivity index (χ1n) is 12.0. The maximum Gasteiger partial charge on any atom is 0.430 e. The lowest BCUT2D eigenvalue weighted by Gasteiger charge is -2.25. The summed E-state index contributed by atoms with van der Waals surface area (Å²) in [6, 6.07) is 21.2. The Hall–Kier alpha value is -3.58. The molecule has 192 valence electrons. The number of amides is 1. The van der Waals surface area contributed by atoms with E-state index in [-0.39, 0.29) is 17.7 Å². The van der Waals surface area contributed by atoms with Crippen LogP contribution in [0.2, 0.25) is 5.02 Å². The van der Waals surface area contributed by atoms with Crippen LogP contribution in [0.1, 0.15) is 39.9 Å². The zero-order chi connectivity index (χ0) is 26.6. The van der Waals surface area contributed by atoms with E-state index >= 15 is 0 Å². The van der Waals surface area contributed by atoms with Crippen molar-refractivity contribution in [1.82, 2.24) is 4.90 Å². The number of halogens is 4. The number of nitrogens with two attached hydrogens (primary N) is 1. The number of carbonyl (C=O) groups is 1. The summed E-state index contributed by atoms with van der Waals surface area (Å²) in [5, 5.41) is 0.291. The van der Waals surface area contributed by atoms with E-state index < -0.39 is 11.9 Å². The van der Waals surface area contributed by atoms with Crippen LogP contribution in [0.4, 0.5) is 18.9 Å². The Bertz CT molecular complexity index is 1330. The number of rotatable bonds is 6. The van der Waals surface area contributed by atoms with E-state index in [1.807, 2.05) is 17.0 Å². The number of para-hydroxylation sites is 1. The van der Waals surface area contributed by atoms with Gasteiger partial charge < -0.3 is 10.6 Å².